The first-order chi connectivity index (χ1) is 7.22. The van der Waals surface area contributed by atoms with Crippen LogP contribution in [0.3, 0.4) is 0 Å². The van der Waals surface area contributed by atoms with Crippen LogP contribution < -0.4 is 4.74 Å². The lowest BCUT2D eigenvalue weighted by molar-refractivity contribution is 0.0552. The van der Waals surface area contributed by atoms with E-state index >= 15 is 0 Å². The van der Waals surface area contributed by atoms with Crippen molar-refractivity contribution < 1.29 is 9.47 Å². The number of rotatable bonds is 5. The fourth-order valence-electron chi connectivity index (χ4n) is 1.01. The molecule has 0 aromatic carbocycles. The van der Waals surface area contributed by atoms with Crippen molar-refractivity contribution in [3.8, 4) is 11.8 Å². The van der Waals surface area contributed by atoms with Crippen molar-refractivity contribution in [3.05, 3.63) is 24.0 Å². The van der Waals surface area contributed by atoms with Crippen LogP contribution in [0.2, 0.25) is 0 Å². The van der Waals surface area contributed by atoms with Gasteiger partial charge in [0.15, 0.2) is 0 Å². The van der Waals surface area contributed by atoms with Gasteiger partial charge in [0.2, 0.25) is 0 Å². The molecule has 0 bridgehead atoms. The highest BCUT2D eigenvalue weighted by atomic mass is 16.5. The average Bonchev–Trinajstić information content (AvgIpc) is 2.24. The number of aromatic nitrogens is 1. The minimum Gasteiger partial charge on any atom is -0.491 e. The predicted molar refractivity (Wildman–Crippen MR) is 55.5 cm³/mol. The topological polar surface area (TPSA) is 55.1 Å². The van der Waals surface area contributed by atoms with E-state index < -0.39 is 0 Å². The van der Waals surface area contributed by atoms with Crippen LogP contribution in [0, 0.1) is 11.3 Å². The molecular formula is C11H14N2O2. The number of hydrogen-bond donors (Lipinski definition) is 0. The second-order valence-electron chi connectivity index (χ2n) is 3.26. The lowest BCUT2D eigenvalue weighted by atomic mass is 10.3. The molecule has 0 aliphatic carbocycles. The molecule has 0 saturated heterocycles. The van der Waals surface area contributed by atoms with Gasteiger partial charge in [0.25, 0.3) is 0 Å². The van der Waals surface area contributed by atoms with Crippen LogP contribution in [0.15, 0.2) is 18.3 Å². The molecule has 0 aliphatic rings. The first-order valence-electron chi connectivity index (χ1n) is 4.83. The molecule has 15 heavy (non-hydrogen) atoms. The summed E-state index contributed by atoms with van der Waals surface area (Å²) in [5.41, 5.74) is 0.359. The van der Waals surface area contributed by atoms with Gasteiger partial charge in [0, 0.05) is 12.3 Å². The average molecular weight is 206 g/mol. The zero-order chi connectivity index (χ0) is 11.1. The molecule has 0 saturated carbocycles. The minimum atomic E-state index is 0.209. The largest absolute Gasteiger partial charge is 0.491 e. The highest BCUT2D eigenvalue weighted by Crippen LogP contribution is 2.09. The van der Waals surface area contributed by atoms with Gasteiger partial charge in [-0.05, 0) is 19.9 Å². The smallest absolute Gasteiger partial charge is 0.144 e. The number of hydrogen-bond acceptors (Lipinski definition) is 4. The van der Waals surface area contributed by atoms with Gasteiger partial charge in [-0.25, -0.2) is 4.98 Å². The van der Waals surface area contributed by atoms with E-state index in [0.717, 1.165) is 0 Å². The summed E-state index contributed by atoms with van der Waals surface area (Å²) in [6.07, 6.45) is 1.76. The molecule has 0 N–H and O–H groups in total. The zero-order valence-electron chi connectivity index (χ0n) is 8.93. The van der Waals surface area contributed by atoms with Crippen molar-refractivity contribution in [1.29, 1.82) is 5.26 Å². The Morgan fingerprint density at radius 3 is 2.93 bits per heavy atom. The molecule has 0 atom stereocenters. The zero-order valence-corrected chi connectivity index (χ0v) is 8.93. The van der Waals surface area contributed by atoms with Gasteiger partial charge in [-0.3, -0.25) is 0 Å². The summed E-state index contributed by atoms with van der Waals surface area (Å²) in [5, 5.41) is 8.61. The van der Waals surface area contributed by atoms with Gasteiger partial charge in [0.05, 0.1) is 12.7 Å². The van der Waals surface area contributed by atoms with E-state index in [1.807, 2.05) is 19.9 Å². The Morgan fingerprint density at radius 2 is 2.27 bits per heavy atom. The van der Waals surface area contributed by atoms with Gasteiger partial charge in [-0.15, -0.1) is 0 Å². The molecular weight excluding hydrogens is 192 g/mol. The van der Waals surface area contributed by atoms with Crippen molar-refractivity contribution in [2.45, 2.75) is 20.0 Å². The van der Waals surface area contributed by atoms with E-state index in [1.165, 1.54) is 0 Å². The van der Waals surface area contributed by atoms with Crippen molar-refractivity contribution in [2.24, 2.45) is 0 Å². The summed E-state index contributed by atoms with van der Waals surface area (Å²) >= 11 is 0. The van der Waals surface area contributed by atoms with Crippen LogP contribution in [-0.2, 0) is 4.74 Å². The molecule has 0 fully saturated rings. The van der Waals surface area contributed by atoms with E-state index in [9.17, 15) is 0 Å². The van der Waals surface area contributed by atoms with E-state index in [0.29, 0.717) is 24.7 Å². The van der Waals surface area contributed by atoms with E-state index in [4.69, 9.17) is 14.7 Å². The van der Waals surface area contributed by atoms with Crippen molar-refractivity contribution in [2.75, 3.05) is 13.2 Å². The number of ether oxygens (including phenoxy) is 2. The highest BCUT2D eigenvalue weighted by Gasteiger charge is 1.97. The Labute approximate surface area is 89.5 Å². The van der Waals surface area contributed by atoms with Crippen LogP contribution in [0.4, 0.5) is 0 Å². The van der Waals surface area contributed by atoms with Crippen LogP contribution in [0.5, 0.6) is 5.75 Å². The Balaban J connectivity index is 2.35. The predicted octanol–water partition coefficient (Wildman–Crippen LogP) is 1.76. The summed E-state index contributed by atoms with van der Waals surface area (Å²) in [6, 6.07) is 5.28. The summed E-state index contributed by atoms with van der Waals surface area (Å²) < 4.78 is 10.7. The summed E-state index contributed by atoms with van der Waals surface area (Å²) in [7, 11) is 0. The van der Waals surface area contributed by atoms with Crippen molar-refractivity contribution in [3.63, 3.8) is 0 Å². The SMILES string of the molecule is CC(C)OCCOc1ccnc(C#N)c1. The summed E-state index contributed by atoms with van der Waals surface area (Å²) in [6.45, 7) is 4.97. The number of pyridine rings is 1. The van der Waals surface area contributed by atoms with Gasteiger partial charge in [-0.1, -0.05) is 0 Å². The van der Waals surface area contributed by atoms with Gasteiger partial charge < -0.3 is 9.47 Å². The monoisotopic (exact) mass is 206 g/mol. The van der Waals surface area contributed by atoms with Gasteiger partial charge >= 0.3 is 0 Å². The van der Waals surface area contributed by atoms with Crippen LogP contribution >= 0.6 is 0 Å². The van der Waals surface area contributed by atoms with Gasteiger partial charge in [0.1, 0.15) is 24.1 Å². The van der Waals surface area contributed by atoms with E-state index in [1.54, 1.807) is 18.3 Å². The number of nitrogens with zero attached hydrogens (tertiary/aromatic N) is 2. The molecule has 1 aromatic rings. The molecule has 4 heteroatoms. The van der Waals surface area contributed by atoms with Crippen molar-refractivity contribution >= 4 is 0 Å². The Bertz CT molecular complexity index is 345. The molecule has 0 unspecified atom stereocenters. The number of nitriles is 1. The first-order valence-corrected chi connectivity index (χ1v) is 4.83. The van der Waals surface area contributed by atoms with E-state index in [2.05, 4.69) is 4.98 Å². The summed E-state index contributed by atoms with van der Waals surface area (Å²) in [4.78, 5) is 3.84. The van der Waals surface area contributed by atoms with E-state index in [-0.39, 0.29) is 6.10 Å². The maximum absolute atomic E-state index is 8.61. The molecule has 80 valence electrons. The maximum atomic E-state index is 8.61. The minimum absolute atomic E-state index is 0.209. The Hall–Kier alpha value is -1.60. The normalized spacial score (nSPS) is 10.0. The standard InChI is InChI=1S/C11H14N2O2/c1-9(2)14-5-6-15-11-3-4-13-10(7-11)8-12/h3-4,7,9H,5-6H2,1-2H3. The van der Waals surface area contributed by atoms with Crippen LogP contribution in [-0.4, -0.2) is 24.3 Å². The maximum Gasteiger partial charge on any atom is 0.144 e. The van der Waals surface area contributed by atoms with Gasteiger partial charge in [-0.2, -0.15) is 5.26 Å². The van der Waals surface area contributed by atoms with Crippen LogP contribution in [0.25, 0.3) is 0 Å². The quantitative estimate of drug-likeness (QED) is 0.689. The molecule has 0 radical (unpaired) electrons. The third kappa shape index (κ3) is 4.43. The first kappa shape index (κ1) is 11.5. The lowest BCUT2D eigenvalue weighted by Gasteiger charge is -2.08. The fourth-order valence-corrected chi connectivity index (χ4v) is 1.01. The Morgan fingerprint density at radius 1 is 1.47 bits per heavy atom. The molecule has 0 amide bonds. The third-order valence-electron chi connectivity index (χ3n) is 1.65. The highest BCUT2D eigenvalue weighted by molar-refractivity contribution is 5.29. The lowest BCUT2D eigenvalue weighted by Crippen LogP contribution is -2.11. The van der Waals surface area contributed by atoms with Crippen LogP contribution in [0.1, 0.15) is 19.5 Å². The summed E-state index contributed by atoms with van der Waals surface area (Å²) in [5.74, 6) is 0.647. The Kier molecular flexibility index (Phi) is 4.58. The molecule has 1 heterocycles. The second kappa shape index (κ2) is 5.99. The fraction of sp³-hybridized carbons (Fsp3) is 0.455. The second-order valence-corrected chi connectivity index (χ2v) is 3.26. The third-order valence-corrected chi connectivity index (χ3v) is 1.65. The molecule has 0 aliphatic heterocycles. The molecule has 1 aromatic heterocycles. The molecule has 1 rings (SSSR count). The van der Waals surface area contributed by atoms with Crippen molar-refractivity contribution in [1.82, 2.24) is 4.98 Å². The molecule has 4 nitrogen and oxygen atoms in total. The molecule has 0 spiro atoms.